The van der Waals surface area contributed by atoms with Crippen LogP contribution < -0.4 is 9.64 Å². The summed E-state index contributed by atoms with van der Waals surface area (Å²) in [6, 6.07) is 6.65. The minimum absolute atomic E-state index is 0.124. The zero-order chi connectivity index (χ0) is 16.4. The molecule has 0 spiro atoms. The number of aliphatic hydroxyl groups is 1. The summed E-state index contributed by atoms with van der Waals surface area (Å²) in [6.45, 7) is 6.58. The standard InChI is InChI=1S/C18H24N4O2/c23-9-8-22-14-17(12-19-22)21-6-4-20(5-7-21)13-15-1-2-16-3-10-24-18(16)11-15/h1-2,11-12,14,23H,3-10,13H2. The Hall–Kier alpha value is -2.05. The van der Waals surface area contributed by atoms with Gasteiger partial charge in [-0.2, -0.15) is 5.10 Å². The van der Waals surface area contributed by atoms with Crippen LogP contribution >= 0.6 is 0 Å². The molecule has 2 aliphatic rings. The minimum Gasteiger partial charge on any atom is -0.493 e. The molecule has 2 aliphatic heterocycles. The molecule has 2 aromatic rings. The maximum atomic E-state index is 8.98. The van der Waals surface area contributed by atoms with E-state index in [0.29, 0.717) is 6.54 Å². The molecule has 0 bridgehead atoms. The molecule has 0 saturated carbocycles. The van der Waals surface area contributed by atoms with Crippen LogP contribution in [-0.2, 0) is 19.5 Å². The monoisotopic (exact) mass is 328 g/mol. The summed E-state index contributed by atoms with van der Waals surface area (Å²) in [5.41, 5.74) is 3.82. The Labute approximate surface area is 142 Å². The number of benzene rings is 1. The molecule has 1 aromatic carbocycles. The first kappa shape index (κ1) is 15.5. The molecular weight excluding hydrogens is 304 g/mol. The van der Waals surface area contributed by atoms with Gasteiger partial charge in [-0.3, -0.25) is 9.58 Å². The highest BCUT2D eigenvalue weighted by Gasteiger charge is 2.19. The van der Waals surface area contributed by atoms with Gasteiger partial charge < -0.3 is 14.7 Å². The summed E-state index contributed by atoms with van der Waals surface area (Å²) in [4.78, 5) is 4.86. The van der Waals surface area contributed by atoms with Crippen molar-refractivity contribution in [1.82, 2.24) is 14.7 Å². The van der Waals surface area contributed by atoms with E-state index in [9.17, 15) is 0 Å². The predicted octanol–water partition coefficient (Wildman–Crippen LogP) is 1.13. The fourth-order valence-electron chi connectivity index (χ4n) is 3.47. The van der Waals surface area contributed by atoms with Crippen molar-refractivity contribution in [3.8, 4) is 5.75 Å². The summed E-state index contributed by atoms with van der Waals surface area (Å²) in [5, 5.41) is 13.3. The average molecular weight is 328 g/mol. The normalized spacial score (nSPS) is 17.8. The molecule has 24 heavy (non-hydrogen) atoms. The molecule has 4 rings (SSSR count). The SMILES string of the molecule is OCCn1cc(N2CCN(Cc3ccc4c(c3)OCC4)CC2)cn1. The highest BCUT2D eigenvalue weighted by molar-refractivity contribution is 5.43. The van der Waals surface area contributed by atoms with Crippen molar-refractivity contribution >= 4 is 5.69 Å². The van der Waals surface area contributed by atoms with E-state index in [1.54, 1.807) is 4.68 Å². The topological polar surface area (TPSA) is 53.8 Å². The van der Waals surface area contributed by atoms with Crippen molar-refractivity contribution in [3.05, 3.63) is 41.7 Å². The van der Waals surface area contributed by atoms with Crippen LogP contribution in [0.5, 0.6) is 5.75 Å². The lowest BCUT2D eigenvalue weighted by Gasteiger charge is -2.35. The molecule has 1 fully saturated rings. The second-order valence-electron chi connectivity index (χ2n) is 6.49. The zero-order valence-electron chi connectivity index (χ0n) is 13.9. The summed E-state index contributed by atoms with van der Waals surface area (Å²) in [6.07, 6.45) is 4.95. The highest BCUT2D eigenvalue weighted by atomic mass is 16.5. The smallest absolute Gasteiger partial charge is 0.122 e. The Morgan fingerprint density at radius 2 is 2.04 bits per heavy atom. The van der Waals surface area contributed by atoms with Crippen LogP contribution in [0.15, 0.2) is 30.6 Å². The van der Waals surface area contributed by atoms with Crippen LogP contribution in [0.1, 0.15) is 11.1 Å². The molecule has 6 heteroatoms. The van der Waals surface area contributed by atoms with Gasteiger partial charge in [-0.05, 0) is 17.2 Å². The van der Waals surface area contributed by atoms with Crippen LogP contribution in [0.25, 0.3) is 0 Å². The molecule has 1 N–H and O–H groups in total. The van der Waals surface area contributed by atoms with Gasteiger partial charge in [0.25, 0.3) is 0 Å². The zero-order valence-corrected chi connectivity index (χ0v) is 13.9. The number of piperazine rings is 1. The number of hydrogen-bond acceptors (Lipinski definition) is 5. The number of aromatic nitrogens is 2. The van der Waals surface area contributed by atoms with Gasteiger partial charge >= 0.3 is 0 Å². The fourth-order valence-corrected chi connectivity index (χ4v) is 3.47. The third-order valence-corrected chi connectivity index (χ3v) is 4.85. The second-order valence-corrected chi connectivity index (χ2v) is 6.49. The van der Waals surface area contributed by atoms with Crippen LogP contribution in [0.4, 0.5) is 5.69 Å². The van der Waals surface area contributed by atoms with Gasteiger partial charge in [0.05, 0.1) is 31.6 Å². The quantitative estimate of drug-likeness (QED) is 0.892. The summed E-state index contributed by atoms with van der Waals surface area (Å²) in [7, 11) is 0. The Morgan fingerprint density at radius 3 is 2.88 bits per heavy atom. The van der Waals surface area contributed by atoms with Gasteiger partial charge in [-0.1, -0.05) is 12.1 Å². The van der Waals surface area contributed by atoms with Crippen molar-refractivity contribution in [2.75, 3.05) is 44.3 Å². The number of rotatable bonds is 5. The minimum atomic E-state index is 0.124. The largest absolute Gasteiger partial charge is 0.493 e. The van der Waals surface area contributed by atoms with Gasteiger partial charge in [0, 0.05) is 45.3 Å². The first-order chi connectivity index (χ1) is 11.8. The molecule has 3 heterocycles. The van der Waals surface area contributed by atoms with Gasteiger partial charge in [0.1, 0.15) is 5.75 Å². The predicted molar refractivity (Wildman–Crippen MR) is 92.4 cm³/mol. The second kappa shape index (κ2) is 6.83. The van der Waals surface area contributed by atoms with E-state index in [1.807, 2.05) is 12.4 Å². The van der Waals surface area contributed by atoms with Crippen LogP contribution in [0.2, 0.25) is 0 Å². The number of nitrogens with zero attached hydrogens (tertiary/aromatic N) is 4. The van der Waals surface area contributed by atoms with Crippen LogP contribution in [0.3, 0.4) is 0 Å². The van der Waals surface area contributed by atoms with E-state index in [2.05, 4.69) is 33.1 Å². The van der Waals surface area contributed by atoms with Gasteiger partial charge in [-0.25, -0.2) is 0 Å². The molecule has 6 nitrogen and oxygen atoms in total. The van der Waals surface area contributed by atoms with Crippen molar-refractivity contribution in [1.29, 1.82) is 0 Å². The summed E-state index contributed by atoms with van der Waals surface area (Å²) >= 11 is 0. The van der Waals surface area contributed by atoms with Crippen LogP contribution in [0, 0.1) is 0 Å². The number of anilines is 1. The molecule has 1 aromatic heterocycles. The summed E-state index contributed by atoms with van der Waals surface area (Å²) in [5.74, 6) is 1.07. The number of hydrogen-bond donors (Lipinski definition) is 1. The molecule has 0 amide bonds. The van der Waals surface area contributed by atoms with E-state index >= 15 is 0 Å². The number of aliphatic hydroxyl groups excluding tert-OH is 1. The third-order valence-electron chi connectivity index (χ3n) is 4.85. The highest BCUT2D eigenvalue weighted by Crippen LogP contribution is 2.27. The van der Waals surface area contributed by atoms with Crippen molar-refractivity contribution in [2.45, 2.75) is 19.5 Å². The Balaban J connectivity index is 1.32. The van der Waals surface area contributed by atoms with E-state index in [1.165, 1.54) is 11.1 Å². The first-order valence-electron chi connectivity index (χ1n) is 8.67. The van der Waals surface area contributed by atoms with E-state index in [4.69, 9.17) is 9.84 Å². The van der Waals surface area contributed by atoms with E-state index < -0.39 is 0 Å². The van der Waals surface area contributed by atoms with Crippen molar-refractivity contribution in [3.63, 3.8) is 0 Å². The van der Waals surface area contributed by atoms with E-state index in [-0.39, 0.29) is 6.61 Å². The fraction of sp³-hybridized carbons (Fsp3) is 0.500. The average Bonchev–Trinajstić information content (AvgIpc) is 3.25. The lowest BCUT2D eigenvalue weighted by Crippen LogP contribution is -2.45. The van der Waals surface area contributed by atoms with E-state index in [0.717, 1.165) is 57.2 Å². The third kappa shape index (κ3) is 3.25. The molecule has 0 atom stereocenters. The maximum Gasteiger partial charge on any atom is 0.122 e. The number of fused-ring (bicyclic) bond motifs is 1. The maximum absolute atomic E-state index is 8.98. The van der Waals surface area contributed by atoms with Gasteiger partial charge in [0.15, 0.2) is 0 Å². The first-order valence-corrected chi connectivity index (χ1v) is 8.67. The van der Waals surface area contributed by atoms with Gasteiger partial charge in [-0.15, -0.1) is 0 Å². The molecule has 0 aliphatic carbocycles. The van der Waals surface area contributed by atoms with Gasteiger partial charge in [0.2, 0.25) is 0 Å². The Morgan fingerprint density at radius 1 is 1.17 bits per heavy atom. The lowest BCUT2D eigenvalue weighted by molar-refractivity contribution is 0.249. The molecule has 1 saturated heterocycles. The molecule has 0 unspecified atom stereocenters. The molecule has 128 valence electrons. The lowest BCUT2D eigenvalue weighted by atomic mass is 10.1. The molecular formula is C18H24N4O2. The Bertz CT molecular complexity index is 692. The number of ether oxygens (including phenoxy) is 1. The van der Waals surface area contributed by atoms with Crippen LogP contribution in [-0.4, -0.2) is 59.2 Å². The van der Waals surface area contributed by atoms with Crippen molar-refractivity contribution < 1.29 is 9.84 Å². The Kier molecular flexibility index (Phi) is 4.40. The summed E-state index contributed by atoms with van der Waals surface area (Å²) < 4.78 is 7.47. The molecule has 0 radical (unpaired) electrons. The van der Waals surface area contributed by atoms with Crippen molar-refractivity contribution in [2.24, 2.45) is 0 Å².